The summed E-state index contributed by atoms with van der Waals surface area (Å²) in [5.74, 6) is 0.128. The molecule has 0 saturated heterocycles. The van der Waals surface area contributed by atoms with Crippen molar-refractivity contribution in [2.75, 3.05) is 0 Å². The van der Waals surface area contributed by atoms with E-state index in [1.807, 2.05) is 24.3 Å². The molecule has 4 rings (SSSR count). The first kappa shape index (κ1) is 21.5. The van der Waals surface area contributed by atoms with Crippen molar-refractivity contribution in [1.82, 2.24) is 10.3 Å². The Kier molecular flexibility index (Phi) is 5.94. The van der Waals surface area contributed by atoms with E-state index in [0.29, 0.717) is 11.6 Å². The Hall–Kier alpha value is -3.68. The minimum Gasteiger partial charge on any atom is -0.326 e. The second-order valence-electron chi connectivity index (χ2n) is 7.64. The molecule has 1 amide bonds. The molecular weight excluding hydrogens is 419 g/mol. The first-order chi connectivity index (χ1) is 15.3. The van der Waals surface area contributed by atoms with E-state index in [9.17, 15) is 22.8 Å². The lowest BCUT2D eigenvalue weighted by Crippen LogP contribution is -2.32. The Balaban J connectivity index is 1.63. The number of aromatic amines is 1. The van der Waals surface area contributed by atoms with Gasteiger partial charge < -0.3 is 10.3 Å². The molecular formula is C24H20F3N3O2. The van der Waals surface area contributed by atoms with Crippen LogP contribution >= 0.6 is 0 Å². The highest BCUT2D eigenvalue weighted by Gasteiger charge is 2.30. The van der Waals surface area contributed by atoms with Crippen molar-refractivity contribution in [3.63, 3.8) is 0 Å². The second-order valence-corrected chi connectivity index (χ2v) is 7.64. The number of hydrogen-bond donors (Lipinski definition) is 2. The summed E-state index contributed by atoms with van der Waals surface area (Å²) < 4.78 is 38.4. The zero-order valence-electron chi connectivity index (χ0n) is 16.9. The van der Waals surface area contributed by atoms with Gasteiger partial charge in [-0.25, -0.2) is 4.99 Å². The van der Waals surface area contributed by atoms with Gasteiger partial charge in [0.1, 0.15) is 5.84 Å². The van der Waals surface area contributed by atoms with Crippen LogP contribution in [0.3, 0.4) is 0 Å². The normalized spacial score (nSPS) is 14.3. The number of rotatable bonds is 5. The van der Waals surface area contributed by atoms with E-state index in [4.69, 9.17) is 0 Å². The molecule has 3 aromatic rings. The predicted octanol–water partition coefficient (Wildman–Crippen LogP) is 4.97. The summed E-state index contributed by atoms with van der Waals surface area (Å²) in [6.07, 6.45) is -2.19. The zero-order valence-corrected chi connectivity index (χ0v) is 16.9. The van der Waals surface area contributed by atoms with Crippen molar-refractivity contribution in [2.45, 2.75) is 31.4 Å². The van der Waals surface area contributed by atoms with Crippen molar-refractivity contribution in [3.8, 4) is 0 Å². The number of alkyl halides is 3. The predicted molar refractivity (Wildman–Crippen MR) is 115 cm³/mol. The van der Waals surface area contributed by atoms with Gasteiger partial charge in [-0.15, -0.1) is 0 Å². The van der Waals surface area contributed by atoms with E-state index in [0.717, 1.165) is 48.4 Å². The molecule has 2 aromatic carbocycles. The molecule has 1 fully saturated rings. The summed E-state index contributed by atoms with van der Waals surface area (Å²) >= 11 is 0. The third kappa shape index (κ3) is 5.32. The van der Waals surface area contributed by atoms with E-state index in [1.54, 1.807) is 12.1 Å². The number of benzene rings is 2. The molecule has 164 valence electrons. The van der Waals surface area contributed by atoms with Gasteiger partial charge in [-0.2, -0.15) is 13.2 Å². The molecule has 0 radical (unpaired) electrons. The van der Waals surface area contributed by atoms with Crippen molar-refractivity contribution in [3.05, 3.63) is 99.5 Å². The summed E-state index contributed by atoms with van der Waals surface area (Å²) in [7, 11) is 0. The molecule has 5 nitrogen and oxygen atoms in total. The first-order valence-corrected chi connectivity index (χ1v) is 10.1. The van der Waals surface area contributed by atoms with Gasteiger partial charge in [0.2, 0.25) is 5.56 Å². The number of H-pyrrole nitrogens is 1. The minimum absolute atomic E-state index is 0.0720. The number of para-hydroxylation sites is 1. The van der Waals surface area contributed by atoms with Gasteiger partial charge in [0.25, 0.3) is 5.91 Å². The van der Waals surface area contributed by atoms with Crippen LogP contribution in [0.15, 0.2) is 76.5 Å². The third-order valence-corrected chi connectivity index (χ3v) is 5.13. The summed E-state index contributed by atoms with van der Waals surface area (Å²) in [5.41, 5.74) is 1.30. The number of nitrogens with one attached hydrogen (secondary N) is 2. The lowest BCUT2D eigenvalue weighted by atomic mass is 10.1. The standard InChI is InChI=1S/C24H20F3N3O2/c25-24(26,27)17-12-10-16(11-13-17)23(32)30-21(14-18-4-3-7-22(31)28-18)29-20-6-2-1-5-19(20)15-8-9-15/h1-7,10-13,15H,8-9,14H2,(H,28,31)(H,29,30,32). The third-order valence-electron chi connectivity index (χ3n) is 5.13. The number of halogens is 3. The maximum atomic E-state index is 12.8. The average molecular weight is 439 g/mol. The van der Waals surface area contributed by atoms with Crippen LogP contribution in [0.4, 0.5) is 18.9 Å². The Morgan fingerprint density at radius 2 is 1.72 bits per heavy atom. The van der Waals surface area contributed by atoms with Gasteiger partial charge in [-0.3, -0.25) is 9.59 Å². The average Bonchev–Trinajstić information content (AvgIpc) is 3.59. The molecule has 2 N–H and O–H groups in total. The van der Waals surface area contributed by atoms with E-state index in [1.165, 1.54) is 6.07 Å². The largest absolute Gasteiger partial charge is 0.416 e. The molecule has 1 aliphatic rings. The second kappa shape index (κ2) is 8.82. The Morgan fingerprint density at radius 3 is 2.38 bits per heavy atom. The maximum Gasteiger partial charge on any atom is 0.416 e. The lowest BCUT2D eigenvalue weighted by molar-refractivity contribution is -0.137. The summed E-state index contributed by atoms with van der Waals surface area (Å²) in [6.45, 7) is 0. The van der Waals surface area contributed by atoms with Gasteiger partial charge in [-0.1, -0.05) is 24.3 Å². The summed E-state index contributed by atoms with van der Waals surface area (Å²) in [6, 6.07) is 16.3. The van der Waals surface area contributed by atoms with E-state index in [2.05, 4.69) is 15.3 Å². The quantitative estimate of drug-likeness (QED) is 0.435. The van der Waals surface area contributed by atoms with Crippen LogP contribution in [0, 0.1) is 0 Å². The molecule has 0 unspecified atom stereocenters. The highest BCUT2D eigenvalue weighted by atomic mass is 19.4. The van der Waals surface area contributed by atoms with Crippen molar-refractivity contribution in [1.29, 1.82) is 0 Å². The van der Waals surface area contributed by atoms with Crippen LogP contribution in [0.25, 0.3) is 0 Å². The van der Waals surface area contributed by atoms with E-state index < -0.39 is 17.6 Å². The van der Waals surface area contributed by atoms with Crippen molar-refractivity contribution < 1.29 is 18.0 Å². The Bertz CT molecular complexity index is 1210. The van der Waals surface area contributed by atoms with Gasteiger partial charge in [0, 0.05) is 23.7 Å². The molecule has 32 heavy (non-hydrogen) atoms. The monoisotopic (exact) mass is 439 g/mol. The highest BCUT2D eigenvalue weighted by Crippen LogP contribution is 2.44. The maximum absolute atomic E-state index is 12.8. The van der Waals surface area contributed by atoms with E-state index in [-0.39, 0.29) is 23.4 Å². The molecule has 0 bridgehead atoms. The molecule has 1 saturated carbocycles. The molecule has 0 atom stereocenters. The number of carbonyl (C=O) groups excluding carboxylic acids is 1. The van der Waals surface area contributed by atoms with Crippen LogP contribution in [0.5, 0.6) is 0 Å². The zero-order chi connectivity index (χ0) is 22.7. The molecule has 0 spiro atoms. The fourth-order valence-electron chi connectivity index (χ4n) is 3.38. The number of amides is 1. The van der Waals surface area contributed by atoms with Crippen LogP contribution in [-0.2, 0) is 12.6 Å². The van der Waals surface area contributed by atoms with Crippen LogP contribution in [0.2, 0.25) is 0 Å². The fourth-order valence-corrected chi connectivity index (χ4v) is 3.38. The van der Waals surface area contributed by atoms with Gasteiger partial charge in [-0.05, 0) is 60.7 Å². The topological polar surface area (TPSA) is 74.3 Å². The summed E-state index contributed by atoms with van der Waals surface area (Å²) in [5, 5.41) is 2.70. The number of hydrogen-bond acceptors (Lipinski definition) is 3. The molecule has 1 heterocycles. The number of aromatic nitrogens is 1. The van der Waals surface area contributed by atoms with Gasteiger partial charge in [0.15, 0.2) is 0 Å². The van der Waals surface area contributed by atoms with Crippen LogP contribution in [-0.4, -0.2) is 16.7 Å². The fraction of sp³-hybridized carbons (Fsp3) is 0.208. The van der Waals surface area contributed by atoms with Gasteiger partial charge >= 0.3 is 6.18 Å². The van der Waals surface area contributed by atoms with Crippen molar-refractivity contribution in [2.24, 2.45) is 4.99 Å². The SMILES string of the molecule is O=C(NC(Cc1cccc(=O)[nH]1)=Nc1ccccc1C1CC1)c1ccc(C(F)(F)F)cc1. The Labute approximate surface area is 182 Å². The molecule has 1 aromatic heterocycles. The summed E-state index contributed by atoms with van der Waals surface area (Å²) in [4.78, 5) is 31.8. The molecule has 1 aliphatic carbocycles. The number of pyridine rings is 1. The number of amidine groups is 1. The van der Waals surface area contributed by atoms with E-state index >= 15 is 0 Å². The smallest absolute Gasteiger partial charge is 0.326 e. The Morgan fingerprint density at radius 1 is 1.00 bits per heavy atom. The minimum atomic E-state index is -4.48. The number of nitrogens with zero attached hydrogens (tertiary/aromatic N) is 1. The van der Waals surface area contributed by atoms with Crippen LogP contribution in [0.1, 0.15) is 45.9 Å². The van der Waals surface area contributed by atoms with Crippen LogP contribution < -0.4 is 10.9 Å². The lowest BCUT2D eigenvalue weighted by Gasteiger charge is -2.12. The van der Waals surface area contributed by atoms with Gasteiger partial charge in [0.05, 0.1) is 11.3 Å². The van der Waals surface area contributed by atoms with Crippen molar-refractivity contribution >= 4 is 17.4 Å². The molecule has 8 heteroatoms. The highest BCUT2D eigenvalue weighted by molar-refractivity contribution is 6.07. The first-order valence-electron chi connectivity index (χ1n) is 10.1. The number of carbonyl (C=O) groups is 1. The number of aliphatic imine (C=N–C) groups is 1. The molecule has 0 aliphatic heterocycles.